The lowest BCUT2D eigenvalue weighted by Gasteiger charge is -2.36. The maximum Gasteiger partial charge on any atom is 0.407 e. The van der Waals surface area contributed by atoms with Crippen LogP contribution in [0.1, 0.15) is 18.4 Å². The van der Waals surface area contributed by atoms with E-state index in [-0.39, 0.29) is 12.6 Å². The lowest BCUT2D eigenvalue weighted by molar-refractivity contribution is 0.131. The number of hydrogen-bond donors (Lipinski definition) is 2. The fraction of sp³-hybridized carbons (Fsp3) is 0.412. The standard InChI is InChI=1S/C17H21N3O3/c1-19(17(22)23)14-6-8-20(9-7-14)16-5-3-13-10-12(11-21)2-4-15(13)18-16/h2-5,10,14,21H,6-9,11H2,1H3,(H,22,23). The van der Waals surface area contributed by atoms with Crippen LogP contribution >= 0.6 is 0 Å². The van der Waals surface area contributed by atoms with Crippen molar-refractivity contribution in [2.75, 3.05) is 25.0 Å². The van der Waals surface area contributed by atoms with Gasteiger partial charge in [0.2, 0.25) is 0 Å². The van der Waals surface area contributed by atoms with E-state index in [4.69, 9.17) is 10.1 Å². The molecule has 0 radical (unpaired) electrons. The van der Waals surface area contributed by atoms with E-state index in [9.17, 15) is 9.90 Å². The van der Waals surface area contributed by atoms with Gasteiger partial charge >= 0.3 is 6.09 Å². The number of fused-ring (bicyclic) bond motifs is 1. The van der Waals surface area contributed by atoms with Crippen molar-refractivity contribution in [3.05, 3.63) is 35.9 Å². The van der Waals surface area contributed by atoms with Gasteiger partial charge in [-0.1, -0.05) is 6.07 Å². The molecule has 0 spiro atoms. The molecule has 1 amide bonds. The summed E-state index contributed by atoms with van der Waals surface area (Å²) >= 11 is 0. The van der Waals surface area contributed by atoms with Crippen LogP contribution < -0.4 is 4.90 Å². The zero-order chi connectivity index (χ0) is 16.4. The fourth-order valence-electron chi connectivity index (χ4n) is 3.08. The average Bonchev–Trinajstić information content (AvgIpc) is 2.60. The first-order valence-corrected chi connectivity index (χ1v) is 7.80. The summed E-state index contributed by atoms with van der Waals surface area (Å²) in [4.78, 5) is 19.3. The number of aromatic nitrogens is 1. The van der Waals surface area contributed by atoms with E-state index in [0.29, 0.717) is 0 Å². The maximum absolute atomic E-state index is 11.0. The number of pyridine rings is 1. The second kappa shape index (κ2) is 6.42. The largest absolute Gasteiger partial charge is 0.465 e. The third-order valence-electron chi connectivity index (χ3n) is 4.56. The molecule has 1 aliphatic heterocycles. The first-order valence-electron chi connectivity index (χ1n) is 7.80. The normalized spacial score (nSPS) is 15.8. The van der Waals surface area contributed by atoms with Gasteiger partial charge in [0.05, 0.1) is 12.1 Å². The molecular formula is C17H21N3O3. The zero-order valence-corrected chi connectivity index (χ0v) is 13.1. The van der Waals surface area contributed by atoms with Crippen molar-refractivity contribution >= 4 is 22.8 Å². The van der Waals surface area contributed by atoms with Gasteiger partial charge in [-0.25, -0.2) is 9.78 Å². The van der Waals surface area contributed by atoms with Gasteiger partial charge in [-0.05, 0) is 42.7 Å². The minimum atomic E-state index is -0.869. The van der Waals surface area contributed by atoms with Crippen molar-refractivity contribution in [1.29, 1.82) is 0 Å². The number of amides is 1. The number of hydrogen-bond acceptors (Lipinski definition) is 4. The summed E-state index contributed by atoms with van der Waals surface area (Å²) in [6, 6.07) is 9.84. The SMILES string of the molecule is CN(C(=O)O)C1CCN(c2ccc3cc(CO)ccc3n2)CC1. The summed E-state index contributed by atoms with van der Waals surface area (Å²) in [6.45, 7) is 1.63. The first-order chi connectivity index (χ1) is 11.1. The van der Waals surface area contributed by atoms with Crippen molar-refractivity contribution in [2.24, 2.45) is 0 Å². The highest BCUT2D eigenvalue weighted by atomic mass is 16.4. The van der Waals surface area contributed by atoms with E-state index >= 15 is 0 Å². The molecule has 23 heavy (non-hydrogen) atoms. The van der Waals surface area contributed by atoms with E-state index in [1.165, 1.54) is 4.90 Å². The Kier molecular flexibility index (Phi) is 4.34. The number of anilines is 1. The van der Waals surface area contributed by atoms with Crippen LogP contribution in [-0.2, 0) is 6.61 Å². The minimum Gasteiger partial charge on any atom is -0.465 e. The molecule has 0 bridgehead atoms. The molecule has 1 saturated heterocycles. The molecule has 1 aromatic carbocycles. The molecule has 0 saturated carbocycles. The van der Waals surface area contributed by atoms with E-state index in [2.05, 4.69) is 4.90 Å². The fourth-order valence-corrected chi connectivity index (χ4v) is 3.08. The summed E-state index contributed by atoms with van der Waals surface area (Å²) in [7, 11) is 1.63. The molecule has 0 atom stereocenters. The van der Waals surface area contributed by atoms with Crippen LogP contribution in [0, 0.1) is 0 Å². The number of carbonyl (C=O) groups is 1. The molecule has 1 fully saturated rings. The van der Waals surface area contributed by atoms with Crippen LogP contribution in [0.15, 0.2) is 30.3 Å². The van der Waals surface area contributed by atoms with Gasteiger partial charge in [0.15, 0.2) is 0 Å². The zero-order valence-electron chi connectivity index (χ0n) is 13.1. The van der Waals surface area contributed by atoms with E-state index in [0.717, 1.165) is 48.2 Å². The Bertz CT molecular complexity index is 711. The van der Waals surface area contributed by atoms with Crippen LogP contribution in [0.3, 0.4) is 0 Å². The van der Waals surface area contributed by atoms with Gasteiger partial charge in [0.1, 0.15) is 5.82 Å². The highest BCUT2D eigenvalue weighted by Crippen LogP contribution is 2.23. The number of aliphatic hydroxyl groups is 1. The number of benzene rings is 1. The summed E-state index contributed by atoms with van der Waals surface area (Å²) in [5.41, 5.74) is 1.79. The molecule has 0 unspecified atom stereocenters. The lowest BCUT2D eigenvalue weighted by atomic mass is 10.0. The topological polar surface area (TPSA) is 76.9 Å². The van der Waals surface area contributed by atoms with E-state index in [1.54, 1.807) is 7.05 Å². The molecule has 6 nitrogen and oxygen atoms in total. The summed E-state index contributed by atoms with van der Waals surface area (Å²) in [5.74, 6) is 0.922. The molecule has 1 aromatic heterocycles. The highest BCUT2D eigenvalue weighted by molar-refractivity contribution is 5.81. The van der Waals surface area contributed by atoms with Crippen molar-refractivity contribution in [3.63, 3.8) is 0 Å². The first kappa shape index (κ1) is 15.6. The van der Waals surface area contributed by atoms with Gasteiger partial charge in [-0.15, -0.1) is 0 Å². The third-order valence-corrected chi connectivity index (χ3v) is 4.56. The monoisotopic (exact) mass is 315 g/mol. The number of aliphatic hydroxyl groups excluding tert-OH is 1. The smallest absolute Gasteiger partial charge is 0.407 e. The second-order valence-corrected chi connectivity index (χ2v) is 5.97. The highest BCUT2D eigenvalue weighted by Gasteiger charge is 2.25. The van der Waals surface area contributed by atoms with Crippen LogP contribution in [0.25, 0.3) is 10.9 Å². The predicted octanol–water partition coefficient (Wildman–Crippen LogP) is 2.31. The number of nitrogens with zero attached hydrogens (tertiary/aromatic N) is 3. The van der Waals surface area contributed by atoms with Gasteiger partial charge in [0.25, 0.3) is 0 Å². The molecule has 0 aliphatic carbocycles. The quantitative estimate of drug-likeness (QED) is 0.909. The predicted molar refractivity (Wildman–Crippen MR) is 88.7 cm³/mol. The summed E-state index contributed by atoms with van der Waals surface area (Å²) < 4.78 is 0. The van der Waals surface area contributed by atoms with Crippen LogP contribution in [0.5, 0.6) is 0 Å². The average molecular weight is 315 g/mol. The van der Waals surface area contributed by atoms with Gasteiger partial charge in [-0.2, -0.15) is 0 Å². The molecule has 3 rings (SSSR count). The Morgan fingerprint density at radius 2 is 2.04 bits per heavy atom. The summed E-state index contributed by atoms with van der Waals surface area (Å²) in [6.07, 6.45) is 0.754. The molecule has 122 valence electrons. The van der Waals surface area contributed by atoms with Crippen LogP contribution in [0.2, 0.25) is 0 Å². The van der Waals surface area contributed by atoms with Crippen molar-refractivity contribution in [3.8, 4) is 0 Å². The Labute approximate surface area is 135 Å². The summed E-state index contributed by atoms with van der Waals surface area (Å²) in [5, 5.41) is 19.3. The van der Waals surface area contributed by atoms with Crippen LogP contribution in [0.4, 0.5) is 10.6 Å². The number of rotatable bonds is 3. The Hall–Kier alpha value is -2.34. The maximum atomic E-state index is 11.0. The number of carboxylic acid groups (broad SMARTS) is 1. The van der Waals surface area contributed by atoms with Crippen LogP contribution in [-0.4, -0.2) is 52.4 Å². The Morgan fingerprint density at radius 1 is 1.30 bits per heavy atom. The van der Waals surface area contributed by atoms with Gasteiger partial charge in [-0.3, -0.25) is 0 Å². The lowest BCUT2D eigenvalue weighted by Crippen LogP contribution is -2.45. The van der Waals surface area contributed by atoms with Gasteiger partial charge < -0.3 is 20.0 Å². The molecule has 2 heterocycles. The van der Waals surface area contributed by atoms with Gasteiger partial charge in [0, 0.05) is 31.6 Å². The van der Waals surface area contributed by atoms with E-state index < -0.39 is 6.09 Å². The second-order valence-electron chi connectivity index (χ2n) is 5.97. The molecule has 6 heteroatoms. The Balaban J connectivity index is 1.73. The molecule has 1 aliphatic rings. The van der Waals surface area contributed by atoms with E-state index in [1.807, 2.05) is 30.3 Å². The minimum absolute atomic E-state index is 0.0301. The molecule has 2 aromatic rings. The van der Waals surface area contributed by atoms with Crippen molar-refractivity contribution in [2.45, 2.75) is 25.5 Å². The number of piperidine rings is 1. The van der Waals surface area contributed by atoms with Crippen molar-refractivity contribution in [1.82, 2.24) is 9.88 Å². The molecule has 2 N–H and O–H groups in total. The Morgan fingerprint density at radius 3 is 2.70 bits per heavy atom. The van der Waals surface area contributed by atoms with Crippen molar-refractivity contribution < 1.29 is 15.0 Å². The molecular weight excluding hydrogens is 294 g/mol. The third kappa shape index (κ3) is 3.22.